The molecule has 0 saturated heterocycles. The van der Waals surface area contributed by atoms with Crippen LogP contribution in [0.2, 0.25) is 0 Å². The number of hydrogen-bond acceptors (Lipinski definition) is 4. The summed E-state index contributed by atoms with van der Waals surface area (Å²) in [4.78, 5) is 16.2. The number of nitrogens with zero attached hydrogens (tertiary/aromatic N) is 5. The third kappa shape index (κ3) is 6.50. The van der Waals surface area contributed by atoms with E-state index in [2.05, 4.69) is 252 Å². The fraction of sp³-hybridized carbons (Fsp3) is 0. The molecule has 0 fully saturated rings. The Morgan fingerprint density at radius 1 is 0.280 bits per heavy atom. The summed E-state index contributed by atoms with van der Waals surface area (Å²) >= 11 is 0. The molecule has 0 spiro atoms. The average Bonchev–Trinajstić information content (AvgIpc) is 4.16. The van der Waals surface area contributed by atoms with Gasteiger partial charge in [-0.15, -0.1) is 0 Å². The number of benzene rings is 12. The smallest absolute Gasteiger partial charge is 0.164 e. The molecule has 4 aromatic heterocycles. The summed E-state index contributed by atoms with van der Waals surface area (Å²) in [6, 6.07) is 88.7. The number of hydrogen-bond donors (Lipinski definition) is 0. The predicted molar refractivity (Wildman–Crippen MR) is 310 cm³/mol. The first kappa shape index (κ1) is 41.4. The molecule has 16 rings (SSSR count). The molecule has 4 heterocycles. The first-order valence-electron chi connectivity index (χ1n) is 25.4. The summed E-state index contributed by atoms with van der Waals surface area (Å²) in [6.45, 7) is 0. The van der Waals surface area contributed by atoms with E-state index in [1.807, 2.05) is 6.07 Å². The van der Waals surface area contributed by atoms with Crippen LogP contribution >= 0.6 is 0 Å². The van der Waals surface area contributed by atoms with Crippen LogP contribution in [0.15, 0.2) is 253 Å². The molecule has 348 valence electrons. The Morgan fingerprint density at radius 3 is 1.48 bits per heavy atom. The van der Waals surface area contributed by atoms with Crippen molar-refractivity contribution in [1.82, 2.24) is 24.1 Å². The first-order chi connectivity index (χ1) is 37.1. The van der Waals surface area contributed by atoms with E-state index in [-0.39, 0.29) is 0 Å². The van der Waals surface area contributed by atoms with Gasteiger partial charge in [0.1, 0.15) is 11.2 Å². The monoisotopic (exact) mass is 955 g/mol. The van der Waals surface area contributed by atoms with Gasteiger partial charge in [0.05, 0.1) is 33.1 Å². The van der Waals surface area contributed by atoms with E-state index in [4.69, 9.17) is 19.4 Å². The summed E-state index contributed by atoms with van der Waals surface area (Å²) < 4.78 is 11.9. The van der Waals surface area contributed by atoms with Gasteiger partial charge in [0.2, 0.25) is 0 Å². The minimum Gasteiger partial charge on any atom is -0.455 e. The fourth-order valence-corrected chi connectivity index (χ4v) is 11.7. The van der Waals surface area contributed by atoms with Crippen molar-refractivity contribution >= 4 is 97.9 Å². The van der Waals surface area contributed by atoms with E-state index in [1.54, 1.807) is 0 Å². The highest BCUT2D eigenvalue weighted by atomic mass is 16.3. The van der Waals surface area contributed by atoms with Crippen molar-refractivity contribution in [3.8, 4) is 56.7 Å². The lowest BCUT2D eigenvalue weighted by atomic mass is 10.0. The molecule has 12 aromatic carbocycles. The van der Waals surface area contributed by atoms with Gasteiger partial charge in [-0.1, -0.05) is 170 Å². The first-order valence-corrected chi connectivity index (χ1v) is 25.4. The molecule has 0 bridgehead atoms. The van der Waals surface area contributed by atoms with Crippen LogP contribution < -0.4 is 0 Å². The van der Waals surface area contributed by atoms with Crippen LogP contribution in [0.5, 0.6) is 0 Å². The van der Waals surface area contributed by atoms with Gasteiger partial charge in [0.25, 0.3) is 0 Å². The van der Waals surface area contributed by atoms with E-state index < -0.39 is 0 Å². The number of furan rings is 1. The summed E-state index contributed by atoms with van der Waals surface area (Å²) in [6.07, 6.45) is 0. The zero-order valence-corrected chi connectivity index (χ0v) is 40.3. The highest BCUT2D eigenvalue weighted by Crippen LogP contribution is 2.45. The van der Waals surface area contributed by atoms with Crippen molar-refractivity contribution in [2.45, 2.75) is 0 Å². The van der Waals surface area contributed by atoms with Crippen LogP contribution in [-0.4, -0.2) is 24.1 Å². The highest BCUT2D eigenvalue weighted by molar-refractivity contribution is 6.21. The van der Waals surface area contributed by atoms with Crippen LogP contribution in [0.3, 0.4) is 0 Å². The summed E-state index contributed by atoms with van der Waals surface area (Å²) in [5.74, 6) is 1.69. The molecule has 16 aromatic rings. The second kappa shape index (κ2) is 16.2. The third-order valence-corrected chi connectivity index (χ3v) is 15.3. The molecule has 0 saturated carbocycles. The molecule has 75 heavy (non-hydrogen) atoms. The highest BCUT2D eigenvalue weighted by Gasteiger charge is 2.24. The Hall–Kier alpha value is -10.2. The van der Waals surface area contributed by atoms with Gasteiger partial charge in [-0.3, -0.25) is 0 Å². The third-order valence-electron chi connectivity index (χ3n) is 15.3. The zero-order valence-electron chi connectivity index (χ0n) is 40.3. The quantitative estimate of drug-likeness (QED) is 0.167. The number of para-hydroxylation sites is 2. The lowest BCUT2D eigenvalue weighted by Gasteiger charge is -2.14. The van der Waals surface area contributed by atoms with Crippen molar-refractivity contribution < 1.29 is 4.42 Å². The molecule has 0 aliphatic heterocycles. The molecule has 0 unspecified atom stereocenters. The van der Waals surface area contributed by atoms with E-state index in [9.17, 15) is 0 Å². The Bertz CT molecular complexity index is 4900. The van der Waals surface area contributed by atoms with Crippen LogP contribution in [0.25, 0.3) is 155 Å². The average molecular weight is 956 g/mol. The maximum atomic E-state index is 7.16. The Balaban J connectivity index is 0.986. The van der Waals surface area contributed by atoms with E-state index in [0.717, 1.165) is 105 Å². The lowest BCUT2D eigenvalue weighted by Crippen LogP contribution is -2.02. The minimum absolute atomic E-state index is 0.541. The van der Waals surface area contributed by atoms with Crippen LogP contribution in [0.4, 0.5) is 0 Å². The van der Waals surface area contributed by atoms with Gasteiger partial charge in [-0.05, 0) is 117 Å². The maximum absolute atomic E-state index is 7.16. The van der Waals surface area contributed by atoms with Gasteiger partial charge in [-0.25, -0.2) is 15.0 Å². The van der Waals surface area contributed by atoms with Crippen LogP contribution in [0.1, 0.15) is 0 Å². The van der Waals surface area contributed by atoms with Crippen LogP contribution in [-0.2, 0) is 0 Å². The summed E-state index contributed by atoms with van der Waals surface area (Å²) in [5.41, 5.74) is 13.0. The van der Waals surface area contributed by atoms with Gasteiger partial charge in [0, 0.05) is 54.7 Å². The predicted octanol–water partition coefficient (Wildman–Crippen LogP) is 18.1. The van der Waals surface area contributed by atoms with E-state index in [0.29, 0.717) is 17.5 Å². The lowest BCUT2D eigenvalue weighted by molar-refractivity contribution is 0.672. The van der Waals surface area contributed by atoms with Crippen molar-refractivity contribution in [2.75, 3.05) is 0 Å². The molecule has 0 amide bonds. The van der Waals surface area contributed by atoms with Crippen molar-refractivity contribution in [2.24, 2.45) is 0 Å². The molecule has 0 aliphatic carbocycles. The van der Waals surface area contributed by atoms with Gasteiger partial charge in [0.15, 0.2) is 17.5 Å². The number of fused-ring (bicyclic) bond motifs is 13. The van der Waals surface area contributed by atoms with Gasteiger partial charge < -0.3 is 13.6 Å². The molecule has 0 N–H and O–H groups in total. The van der Waals surface area contributed by atoms with Crippen molar-refractivity contribution in [1.29, 1.82) is 0 Å². The second-order valence-corrected chi connectivity index (χ2v) is 19.6. The topological polar surface area (TPSA) is 61.7 Å². The number of aromatic nitrogens is 5. The maximum Gasteiger partial charge on any atom is 0.164 e. The van der Waals surface area contributed by atoms with Crippen molar-refractivity contribution in [3.63, 3.8) is 0 Å². The Kier molecular flexibility index (Phi) is 8.94. The zero-order chi connectivity index (χ0) is 49.1. The van der Waals surface area contributed by atoms with Gasteiger partial charge in [-0.2, -0.15) is 0 Å². The number of rotatable bonds is 6. The standard InChI is InChI=1S/C69H41N5O/c1-3-15-42(16-4-1)43-27-29-45(30-28-43)67-70-68(50-32-34-60-56(37-50)54-25-13-14-26-59(54)73(60)52-22-5-2-6-23-52)72-69(71-67)51-40-63(65-55-33-31-44-17-11-12-24-53(44)66(55)75-64(65)41-51)74-61-38-48-20-9-7-18-46(48)35-57(61)58-36-47-19-8-10-21-49(47)39-62(58)74/h1-41H. The largest absolute Gasteiger partial charge is 0.455 e. The summed E-state index contributed by atoms with van der Waals surface area (Å²) in [7, 11) is 0. The molecule has 0 radical (unpaired) electrons. The summed E-state index contributed by atoms with van der Waals surface area (Å²) in [5, 5.41) is 13.6. The normalized spacial score (nSPS) is 12.0. The van der Waals surface area contributed by atoms with Crippen molar-refractivity contribution in [3.05, 3.63) is 249 Å². The Labute approximate surface area is 429 Å². The molecular formula is C69H41N5O. The molecular weight excluding hydrogens is 915 g/mol. The molecule has 6 heteroatoms. The fourth-order valence-electron chi connectivity index (χ4n) is 11.7. The minimum atomic E-state index is 0.541. The Morgan fingerprint density at radius 2 is 0.787 bits per heavy atom. The molecule has 6 nitrogen and oxygen atoms in total. The SMILES string of the molecule is c1ccc(-c2ccc(-c3nc(-c4cc(-n5c6cc7ccccc7cc6c6cc7ccccc7cc65)c5c(c4)oc4c6ccccc6ccc45)nc(-c4ccc5c(c4)c4ccccc4n5-c4ccccc4)n3)cc2)cc1. The van der Waals surface area contributed by atoms with Gasteiger partial charge >= 0.3 is 0 Å². The molecule has 0 atom stereocenters. The van der Waals surface area contributed by atoms with E-state index >= 15 is 0 Å². The van der Waals surface area contributed by atoms with Crippen LogP contribution in [0, 0.1) is 0 Å². The second-order valence-electron chi connectivity index (χ2n) is 19.6. The van der Waals surface area contributed by atoms with E-state index in [1.165, 1.54) is 32.3 Å². The molecule has 0 aliphatic rings.